The minimum atomic E-state index is 0.0315. The van der Waals surface area contributed by atoms with Gasteiger partial charge in [-0.25, -0.2) is 4.98 Å². The molecule has 0 saturated carbocycles. The molecule has 0 unspecified atom stereocenters. The lowest BCUT2D eigenvalue weighted by molar-refractivity contribution is -0.120. The second-order valence-electron chi connectivity index (χ2n) is 4.42. The molecule has 0 fully saturated rings. The molecule has 20 heavy (non-hydrogen) atoms. The Hall–Kier alpha value is -1.82. The molecule has 0 saturated heterocycles. The van der Waals surface area contributed by atoms with Crippen LogP contribution < -0.4 is 5.32 Å². The average Bonchev–Trinajstić information content (AvgIpc) is 2.85. The van der Waals surface area contributed by atoms with Crippen LogP contribution in [0.25, 0.3) is 0 Å². The van der Waals surface area contributed by atoms with E-state index in [0.717, 1.165) is 11.4 Å². The Balaban J connectivity index is 1.76. The van der Waals surface area contributed by atoms with Crippen molar-refractivity contribution in [2.45, 2.75) is 17.7 Å². The monoisotopic (exact) mass is 290 g/mol. The topological polar surface area (TPSA) is 59.8 Å². The Morgan fingerprint density at radius 2 is 2.10 bits per heavy atom. The molecule has 6 heteroatoms. The highest BCUT2D eigenvalue weighted by molar-refractivity contribution is 7.98. The molecule has 1 aromatic heterocycles. The Morgan fingerprint density at radius 1 is 1.35 bits per heavy atom. The van der Waals surface area contributed by atoms with Crippen LogP contribution in [0.5, 0.6) is 0 Å². The summed E-state index contributed by atoms with van der Waals surface area (Å²) < 4.78 is 1.72. The molecule has 2 aromatic rings. The van der Waals surface area contributed by atoms with Crippen LogP contribution in [-0.4, -0.2) is 33.5 Å². The minimum absolute atomic E-state index is 0.0315. The van der Waals surface area contributed by atoms with Crippen molar-refractivity contribution in [3.8, 4) is 0 Å². The molecule has 0 atom stereocenters. The fourth-order valence-electron chi connectivity index (χ4n) is 1.85. The van der Waals surface area contributed by atoms with Gasteiger partial charge in [-0.2, -0.15) is 5.10 Å². The molecule has 0 aliphatic rings. The molecule has 1 heterocycles. The molecule has 1 amide bonds. The van der Waals surface area contributed by atoms with E-state index in [1.54, 1.807) is 16.4 Å². The molecule has 106 valence electrons. The summed E-state index contributed by atoms with van der Waals surface area (Å²) in [7, 11) is 1.84. The van der Waals surface area contributed by atoms with Gasteiger partial charge in [0.2, 0.25) is 5.91 Å². The lowest BCUT2D eigenvalue weighted by Gasteiger charge is -2.05. The third kappa shape index (κ3) is 4.09. The summed E-state index contributed by atoms with van der Waals surface area (Å²) >= 11 is 1.69. The van der Waals surface area contributed by atoms with E-state index in [4.69, 9.17) is 0 Å². The van der Waals surface area contributed by atoms with Crippen LogP contribution in [0.4, 0.5) is 0 Å². The number of nitrogens with zero attached hydrogens (tertiary/aromatic N) is 3. The molecule has 0 aliphatic carbocycles. The smallest absolute Gasteiger partial charge is 0.224 e. The summed E-state index contributed by atoms with van der Waals surface area (Å²) in [5, 5.41) is 6.89. The van der Waals surface area contributed by atoms with E-state index in [1.165, 1.54) is 11.2 Å². The van der Waals surface area contributed by atoms with E-state index >= 15 is 0 Å². The maximum absolute atomic E-state index is 11.8. The number of hydrogen-bond donors (Lipinski definition) is 1. The number of rotatable bonds is 6. The van der Waals surface area contributed by atoms with Crippen LogP contribution in [0.1, 0.15) is 11.4 Å². The molecule has 1 aromatic carbocycles. The van der Waals surface area contributed by atoms with Crippen LogP contribution >= 0.6 is 11.8 Å². The highest BCUT2D eigenvalue weighted by Crippen LogP contribution is 2.14. The van der Waals surface area contributed by atoms with Crippen molar-refractivity contribution in [2.24, 2.45) is 7.05 Å². The van der Waals surface area contributed by atoms with E-state index in [-0.39, 0.29) is 5.91 Å². The largest absolute Gasteiger partial charge is 0.355 e. The van der Waals surface area contributed by atoms with Crippen LogP contribution in [0.3, 0.4) is 0 Å². The lowest BCUT2D eigenvalue weighted by atomic mass is 10.1. The molecule has 0 radical (unpaired) electrons. The summed E-state index contributed by atoms with van der Waals surface area (Å²) in [6, 6.07) is 8.06. The number of amides is 1. The predicted octanol–water partition coefficient (Wildman–Crippen LogP) is 1.44. The van der Waals surface area contributed by atoms with Gasteiger partial charge in [-0.15, -0.1) is 11.8 Å². The highest BCUT2D eigenvalue weighted by atomic mass is 32.2. The Labute approximate surface area is 122 Å². The Bertz CT molecular complexity index is 565. The van der Waals surface area contributed by atoms with Crippen molar-refractivity contribution in [3.05, 3.63) is 42.0 Å². The Kier molecular flexibility index (Phi) is 5.17. The number of benzene rings is 1. The van der Waals surface area contributed by atoms with E-state index in [0.29, 0.717) is 19.4 Å². The number of carbonyl (C=O) groups is 1. The molecular formula is C14H18N4OS. The number of aryl methyl sites for hydroxylation is 1. The van der Waals surface area contributed by atoms with Crippen LogP contribution in [-0.2, 0) is 24.7 Å². The summed E-state index contributed by atoms with van der Waals surface area (Å²) in [6.07, 6.45) is 4.65. The standard InChI is InChI=1S/C14H18N4OS/c1-18-13(16-10-17-18)7-8-15-14(19)9-11-3-5-12(20-2)6-4-11/h3-6,10H,7-9H2,1-2H3,(H,15,19). The number of thioether (sulfide) groups is 1. The van der Waals surface area contributed by atoms with Gasteiger partial charge in [0.15, 0.2) is 0 Å². The molecule has 0 aliphatic heterocycles. The van der Waals surface area contributed by atoms with Gasteiger partial charge >= 0.3 is 0 Å². The van der Waals surface area contributed by atoms with E-state index in [9.17, 15) is 4.79 Å². The lowest BCUT2D eigenvalue weighted by Crippen LogP contribution is -2.27. The zero-order chi connectivity index (χ0) is 14.4. The number of carbonyl (C=O) groups excluding carboxylic acids is 1. The zero-order valence-electron chi connectivity index (χ0n) is 11.7. The van der Waals surface area contributed by atoms with E-state index < -0.39 is 0 Å². The molecule has 0 bridgehead atoms. The molecular weight excluding hydrogens is 272 g/mol. The van der Waals surface area contributed by atoms with Crippen molar-refractivity contribution in [2.75, 3.05) is 12.8 Å². The summed E-state index contributed by atoms with van der Waals surface area (Å²) in [5.74, 6) is 0.902. The van der Waals surface area contributed by atoms with Crippen molar-refractivity contribution < 1.29 is 4.79 Å². The molecule has 0 spiro atoms. The fraction of sp³-hybridized carbons (Fsp3) is 0.357. The average molecular weight is 290 g/mol. The van der Waals surface area contributed by atoms with Gasteiger partial charge in [0.25, 0.3) is 0 Å². The quantitative estimate of drug-likeness (QED) is 0.818. The van der Waals surface area contributed by atoms with Gasteiger partial charge in [-0.05, 0) is 24.0 Å². The second kappa shape index (κ2) is 7.09. The van der Waals surface area contributed by atoms with E-state index in [1.807, 2.05) is 37.6 Å². The van der Waals surface area contributed by atoms with Gasteiger partial charge in [-0.1, -0.05) is 12.1 Å². The maximum atomic E-state index is 11.8. The second-order valence-corrected chi connectivity index (χ2v) is 5.30. The zero-order valence-corrected chi connectivity index (χ0v) is 12.5. The van der Waals surface area contributed by atoms with Crippen molar-refractivity contribution in [1.29, 1.82) is 0 Å². The maximum Gasteiger partial charge on any atom is 0.224 e. The van der Waals surface area contributed by atoms with Crippen molar-refractivity contribution >= 4 is 17.7 Å². The van der Waals surface area contributed by atoms with Crippen LogP contribution in [0, 0.1) is 0 Å². The number of aromatic nitrogens is 3. The third-order valence-electron chi connectivity index (χ3n) is 3.00. The first kappa shape index (κ1) is 14.6. The first-order chi connectivity index (χ1) is 9.69. The van der Waals surface area contributed by atoms with Crippen LogP contribution in [0.15, 0.2) is 35.5 Å². The van der Waals surface area contributed by atoms with E-state index in [2.05, 4.69) is 15.4 Å². The van der Waals surface area contributed by atoms with Gasteiger partial charge < -0.3 is 5.32 Å². The molecule has 2 rings (SSSR count). The van der Waals surface area contributed by atoms with Gasteiger partial charge in [0.05, 0.1) is 6.42 Å². The van der Waals surface area contributed by atoms with Crippen molar-refractivity contribution in [1.82, 2.24) is 20.1 Å². The summed E-state index contributed by atoms with van der Waals surface area (Å²) in [5.41, 5.74) is 1.03. The molecule has 1 N–H and O–H groups in total. The summed E-state index contributed by atoms with van der Waals surface area (Å²) in [4.78, 5) is 17.1. The van der Waals surface area contributed by atoms with Gasteiger partial charge in [0, 0.05) is 24.9 Å². The SMILES string of the molecule is CSc1ccc(CC(=O)NCCc2ncnn2C)cc1. The van der Waals surface area contributed by atoms with Crippen LogP contribution in [0.2, 0.25) is 0 Å². The summed E-state index contributed by atoms with van der Waals surface area (Å²) in [6.45, 7) is 0.578. The normalized spacial score (nSPS) is 10.5. The van der Waals surface area contributed by atoms with Gasteiger partial charge in [-0.3, -0.25) is 9.48 Å². The number of hydrogen-bond acceptors (Lipinski definition) is 4. The Morgan fingerprint density at radius 3 is 2.70 bits per heavy atom. The van der Waals surface area contributed by atoms with Gasteiger partial charge in [0.1, 0.15) is 12.2 Å². The minimum Gasteiger partial charge on any atom is -0.355 e. The van der Waals surface area contributed by atoms with Crippen molar-refractivity contribution in [3.63, 3.8) is 0 Å². The molecule has 5 nitrogen and oxygen atoms in total. The first-order valence-electron chi connectivity index (χ1n) is 6.41. The number of nitrogens with one attached hydrogen (secondary N) is 1. The first-order valence-corrected chi connectivity index (χ1v) is 7.64. The predicted molar refractivity (Wildman–Crippen MR) is 79.6 cm³/mol. The fourth-order valence-corrected chi connectivity index (χ4v) is 2.26. The third-order valence-corrected chi connectivity index (χ3v) is 3.74. The highest BCUT2D eigenvalue weighted by Gasteiger charge is 2.05.